The molecule has 0 radical (unpaired) electrons. The predicted molar refractivity (Wildman–Crippen MR) is 86.3 cm³/mol. The van der Waals surface area contributed by atoms with E-state index in [0.717, 1.165) is 36.7 Å². The first-order valence-corrected chi connectivity index (χ1v) is 9.22. The summed E-state index contributed by atoms with van der Waals surface area (Å²) in [5.41, 5.74) is 1.31. The van der Waals surface area contributed by atoms with Crippen molar-refractivity contribution in [3.63, 3.8) is 0 Å². The molecule has 1 aromatic rings. The molecule has 2 heterocycles. The van der Waals surface area contributed by atoms with Gasteiger partial charge < -0.3 is 9.47 Å². The number of aryl methyl sites for hydroxylation is 1. The van der Waals surface area contributed by atoms with Crippen LogP contribution < -0.4 is 0 Å². The van der Waals surface area contributed by atoms with Gasteiger partial charge in [-0.05, 0) is 43.2 Å². The van der Waals surface area contributed by atoms with Gasteiger partial charge in [-0.25, -0.2) is 4.79 Å². The second kappa shape index (κ2) is 5.07. The highest BCUT2D eigenvalue weighted by molar-refractivity contribution is 7.14. The number of esters is 1. The summed E-state index contributed by atoms with van der Waals surface area (Å²) in [6, 6.07) is 2.08. The quantitative estimate of drug-likeness (QED) is 0.777. The summed E-state index contributed by atoms with van der Waals surface area (Å²) < 4.78 is 11.7. The molecule has 2 aliphatic carbocycles. The van der Waals surface area contributed by atoms with Gasteiger partial charge in [0.25, 0.3) is 0 Å². The normalized spacial score (nSPS) is 35.4. The molecule has 0 N–H and O–H groups in total. The molecular formula is C18H24O3S. The van der Waals surface area contributed by atoms with E-state index in [0.29, 0.717) is 5.92 Å². The van der Waals surface area contributed by atoms with Gasteiger partial charge in [0.2, 0.25) is 0 Å². The van der Waals surface area contributed by atoms with Gasteiger partial charge in [-0.1, -0.05) is 20.8 Å². The Morgan fingerprint density at radius 1 is 1.41 bits per heavy atom. The van der Waals surface area contributed by atoms with E-state index >= 15 is 0 Å². The van der Waals surface area contributed by atoms with E-state index in [4.69, 9.17) is 9.47 Å². The minimum Gasteiger partial charge on any atom is -0.457 e. The summed E-state index contributed by atoms with van der Waals surface area (Å²) in [7, 11) is 0. The third-order valence-corrected chi connectivity index (χ3v) is 6.97. The van der Waals surface area contributed by atoms with Crippen LogP contribution in [0.1, 0.15) is 53.7 Å². The fourth-order valence-electron chi connectivity index (χ4n) is 4.50. The summed E-state index contributed by atoms with van der Waals surface area (Å²) in [5, 5.41) is 0. The minimum atomic E-state index is -0.129. The van der Waals surface area contributed by atoms with Crippen LogP contribution in [-0.2, 0) is 22.3 Å². The van der Waals surface area contributed by atoms with Crippen molar-refractivity contribution in [1.82, 2.24) is 0 Å². The van der Waals surface area contributed by atoms with Gasteiger partial charge >= 0.3 is 5.97 Å². The van der Waals surface area contributed by atoms with Gasteiger partial charge in [0, 0.05) is 22.8 Å². The van der Waals surface area contributed by atoms with Crippen molar-refractivity contribution in [1.29, 1.82) is 0 Å². The average Bonchev–Trinajstić information content (AvgIpc) is 3.09. The first-order valence-electron chi connectivity index (χ1n) is 8.41. The monoisotopic (exact) mass is 320 g/mol. The highest BCUT2D eigenvalue weighted by Crippen LogP contribution is 2.54. The lowest BCUT2D eigenvalue weighted by Crippen LogP contribution is -2.61. The Balaban J connectivity index is 1.49. The molecule has 4 heteroatoms. The maximum absolute atomic E-state index is 12.6. The molecule has 0 bridgehead atoms. The molecule has 3 aliphatic rings. The number of carbonyl (C=O) groups is 1. The first kappa shape index (κ1) is 14.7. The molecule has 3 nitrogen and oxygen atoms in total. The smallest absolute Gasteiger partial charge is 0.348 e. The molecule has 4 atom stereocenters. The van der Waals surface area contributed by atoms with Gasteiger partial charge in [-0.3, -0.25) is 0 Å². The molecule has 120 valence electrons. The zero-order valence-electron chi connectivity index (χ0n) is 13.6. The molecule has 0 unspecified atom stereocenters. The number of hydrogen-bond acceptors (Lipinski definition) is 4. The third-order valence-electron chi connectivity index (χ3n) is 5.76. The summed E-state index contributed by atoms with van der Waals surface area (Å²) in [5.74, 6) is 0.997. The van der Waals surface area contributed by atoms with Crippen LogP contribution >= 0.6 is 11.3 Å². The number of carbonyl (C=O) groups excluding carboxylic acids is 1. The topological polar surface area (TPSA) is 35.5 Å². The maximum atomic E-state index is 12.6. The zero-order chi connectivity index (χ0) is 15.5. The van der Waals surface area contributed by atoms with Crippen LogP contribution in [0.25, 0.3) is 0 Å². The first-order chi connectivity index (χ1) is 10.5. The molecule has 1 aromatic heterocycles. The second-order valence-corrected chi connectivity index (χ2v) is 8.93. The van der Waals surface area contributed by atoms with Crippen LogP contribution in [0.15, 0.2) is 6.07 Å². The Labute approximate surface area is 136 Å². The second-order valence-electron chi connectivity index (χ2n) is 7.80. The summed E-state index contributed by atoms with van der Waals surface area (Å²) in [6.07, 6.45) is 4.74. The van der Waals surface area contributed by atoms with Gasteiger partial charge in [0.1, 0.15) is 11.0 Å². The Bertz CT molecular complexity index is 603. The SMILES string of the molecule is C[C@@H]1CCc2sc(C(=O)O[C@@H]3[C@H]4CCO[C@H]4C3(C)C)cc2C1. The molecule has 1 aliphatic heterocycles. The van der Waals surface area contributed by atoms with Crippen molar-refractivity contribution in [3.05, 3.63) is 21.4 Å². The third kappa shape index (κ3) is 2.15. The van der Waals surface area contributed by atoms with Crippen molar-refractivity contribution in [3.8, 4) is 0 Å². The summed E-state index contributed by atoms with van der Waals surface area (Å²) >= 11 is 1.64. The zero-order valence-corrected chi connectivity index (χ0v) is 14.4. The number of rotatable bonds is 2. The Morgan fingerprint density at radius 2 is 2.23 bits per heavy atom. The highest BCUT2D eigenvalue weighted by atomic mass is 32.1. The van der Waals surface area contributed by atoms with E-state index in [2.05, 4.69) is 26.8 Å². The van der Waals surface area contributed by atoms with Crippen LogP contribution in [0.2, 0.25) is 0 Å². The van der Waals surface area contributed by atoms with E-state index in [9.17, 15) is 4.79 Å². The fraction of sp³-hybridized carbons (Fsp3) is 0.722. The van der Waals surface area contributed by atoms with E-state index < -0.39 is 0 Å². The average molecular weight is 320 g/mol. The predicted octanol–water partition coefficient (Wildman–Crippen LogP) is 3.84. The van der Waals surface area contributed by atoms with Crippen LogP contribution in [0.4, 0.5) is 0 Å². The van der Waals surface area contributed by atoms with Crippen LogP contribution in [0, 0.1) is 17.3 Å². The van der Waals surface area contributed by atoms with Crippen LogP contribution in [-0.4, -0.2) is 24.8 Å². The summed E-state index contributed by atoms with van der Waals surface area (Å²) in [6.45, 7) is 7.39. The molecule has 22 heavy (non-hydrogen) atoms. The molecule has 1 saturated heterocycles. The highest BCUT2D eigenvalue weighted by Gasteiger charge is 2.61. The van der Waals surface area contributed by atoms with Crippen LogP contribution in [0.5, 0.6) is 0 Å². The van der Waals surface area contributed by atoms with Crippen molar-refractivity contribution >= 4 is 17.3 Å². The Kier molecular flexibility index (Phi) is 3.39. The van der Waals surface area contributed by atoms with Crippen LogP contribution in [0.3, 0.4) is 0 Å². The van der Waals surface area contributed by atoms with Crippen molar-refractivity contribution in [2.24, 2.45) is 17.3 Å². The molecular weight excluding hydrogens is 296 g/mol. The lowest BCUT2D eigenvalue weighted by molar-refractivity contribution is -0.183. The number of fused-ring (bicyclic) bond motifs is 2. The van der Waals surface area contributed by atoms with Crippen molar-refractivity contribution in [2.75, 3.05) is 6.61 Å². The molecule has 4 rings (SSSR count). The van der Waals surface area contributed by atoms with E-state index in [1.165, 1.54) is 16.9 Å². The molecule has 0 aromatic carbocycles. The number of hydrogen-bond donors (Lipinski definition) is 0. The fourth-order valence-corrected chi connectivity index (χ4v) is 5.59. The number of ether oxygens (including phenoxy) is 2. The van der Waals surface area contributed by atoms with Gasteiger partial charge in [-0.15, -0.1) is 11.3 Å². The standard InChI is InChI=1S/C18H24O3S/c1-10-4-5-13-11(8-10)9-14(22-13)17(19)21-16-12-6-7-20-15(12)18(16,2)3/h9-10,12,15-16H,4-8H2,1-3H3/t10-,12+,15-,16-/m1/s1. The number of thiophene rings is 1. The van der Waals surface area contributed by atoms with E-state index in [1.807, 2.05) is 0 Å². The van der Waals surface area contributed by atoms with Gasteiger partial charge in [-0.2, -0.15) is 0 Å². The van der Waals surface area contributed by atoms with E-state index in [1.54, 1.807) is 11.3 Å². The van der Waals surface area contributed by atoms with Crippen molar-refractivity contribution < 1.29 is 14.3 Å². The lowest BCUT2D eigenvalue weighted by atomic mass is 9.59. The maximum Gasteiger partial charge on any atom is 0.348 e. The molecule has 1 saturated carbocycles. The molecule has 2 fully saturated rings. The van der Waals surface area contributed by atoms with E-state index in [-0.39, 0.29) is 23.6 Å². The molecule has 0 spiro atoms. The lowest BCUT2D eigenvalue weighted by Gasteiger charge is -2.53. The Morgan fingerprint density at radius 3 is 3.05 bits per heavy atom. The van der Waals surface area contributed by atoms with Gasteiger partial charge in [0.15, 0.2) is 0 Å². The summed E-state index contributed by atoms with van der Waals surface area (Å²) in [4.78, 5) is 14.7. The molecule has 0 amide bonds. The largest absolute Gasteiger partial charge is 0.457 e. The minimum absolute atomic E-state index is 0.00514. The van der Waals surface area contributed by atoms with Crippen molar-refractivity contribution in [2.45, 2.75) is 58.7 Å². The Hall–Kier alpha value is -0.870. The van der Waals surface area contributed by atoms with Gasteiger partial charge in [0.05, 0.1) is 6.10 Å².